The van der Waals surface area contributed by atoms with Gasteiger partial charge in [0.2, 0.25) is 0 Å². The summed E-state index contributed by atoms with van der Waals surface area (Å²) in [5, 5.41) is 16.0. The van der Waals surface area contributed by atoms with Crippen LogP contribution in [0.3, 0.4) is 0 Å². The van der Waals surface area contributed by atoms with Gasteiger partial charge in [-0.05, 0) is 43.2 Å². The largest absolute Gasteiger partial charge is 0.390 e. The molecule has 1 aliphatic carbocycles. The topological polar surface area (TPSA) is 64.6 Å². The second kappa shape index (κ2) is 7.15. The summed E-state index contributed by atoms with van der Waals surface area (Å²) < 4.78 is 0. The van der Waals surface area contributed by atoms with E-state index in [1.807, 2.05) is 55.6 Å². The molecule has 132 valence electrons. The zero-order valence-electron chi connectivity index (χ0n) is 14.9. The molecule has 0 fully saturated rings. The number of fused-ring (bicyclic) bond motifs is 1. The molecule has 0 radical (unpaired) electrons. The Balaban J connectivity index is 1.68. The fraction of sp³-hybridized carbons (Fsp3) is 0.350. The van der Waals surface area contributed by atoms with E-state index in [0.29, 0.717) is 12.5 Å². The van der Waals surface area contributed by atoms with E-state index in [4.69, 9.17) is 0 Å². The van der Waals surface area contributed by atoms with Crippen LogP contribution in [0.2, 0.25) is 0 Å². The van der Waals surface area contributed by atoms with E-state index in [1.54, 1.807) is 0 Å². The van der Waals surface area contributed by atoms with Crippen molar-refractivity contribution >= 4 is 17.4 Å². The minimum Gasteiger partial charge on any atom is -0.390 e. The van der Waals surface area contributed by atoms with Crippen LogP contribution in [0.25, 0.3) is 0 Å². The highest BCUT2D eigenvalue weighted by Crippen LogP contribution is 2.31. The molecule has 1 aliphatic rings. The molecule has 2 amide bonds. The predicted octanol–water partition coefficient (Wildman–Crippen LogP) is 3.31. The maximum atomic E-state index is 12.4. The van der Waals surface area contributed by atoms with Gasteiger partial charge in [0.1, 0.15) is 0 Å². The normalized spacial score (nSPS) is 18.8. The average Bonchev–Trinajstić information content (AvgIpc) is 2.90. The van der Waals surface area contributed by atoms with Gasteiger partial charge < -0.3 is 20.6 Å². The van der Waals surface area contributed by atoms with Gasteiger partial charge in [0, 0.05) is 30.9 Å². The van der Waals surface area contributed by atoms with Crippen LogP contribution in [0.4, 0.5) is 16.2 Å². The first-order valence-electron chi connectivity index (χ1n) is 8.62. The monoisotopic (exact) mass is 339 g/mol. The Morgan fingerprint density at radius 2 is 1.96 bits per heavy atom. The highest BCUT2D eigenvalue weighted by Gasteiger charge is 2.31. The summed E-state index contributed by atoms with van der Waals surface area (Å²) in [6.07, 6.45) is -0.0305. The Hall–Kier alpha value is -2.53. The van der Waals surface area contributed by atoms with E-state index in [2.05, 4.69) is 29.4 Å². The minimum absolute atomic E-state index is 0.315. The van der Waals surface area contributed by atoms with E-state index < -0.39 is 6.10 Å². The first-order chi connectivity index (χ1) is 12.0. The highest BCUT2D eigenvalue weighted by molar-refractivity contribution is 5.90. The molecule has 2 aromatic rings. The number of hydrogen-bond acceptors (Lipinski definition) is 3. The van der Waals surface area contributed by atoms with E-state index in [0.717, 1.165) is 22.5 Å². The zero-order chi connectivity index (χ0) is 18.0. The lowest BCUT2D eigenvalue weighted by molar-refractivity contribution is 0.144. The van der Waals surface area contributed by atoms with Crippen molar-refractivity contribution in [3.63, 3.8) is 0 Å². The molecular formula is C20H25N3O2. The van der Waals surface area contributed by atoms with E-state index in [1.165, 1.54) is 0 Å². The Kier molecular flexibility index (Phi) is 4.95. The lowest BCUT2D eigenvalue weighted by Gasteiger charge is -2.24. The fourth-order valence-electron chi connectivity index (χ4n) is 3.16. The van der Waals surface area contributed by atoms with E-state index in [9.17, 15) is 9.90 Å². The van der Waals surface area contributed by atoms with E-state index >= 15 is 0 Å². The van der Waals surface area contributed by atoms with E-state index in [-0.39, 0.29) is 12.1 Å². The van der Waals surface area contributed by atoms with Crippen LogP contribution in [-0.4, -0.2) is 30.3 Å². The number of carbonyl (C=O) groups is 1. The Morgan fingerprint density at radius 3 is 2.72 bits per heavy atom. The van der Waals surface area contributed by atoms with Gasteiger partial charge in [0.25, 0.3) is 0 Å². The molecule has 2 aromatic carbocycles. The summed E-state index contributed by atoms with van der Waals surface area (Å²) in [4.78, 5) is 14.5. The molecule has 0 aliphatic heterocycles. The molecule has 0 heterocycles. The summed E-state index contributed by atoms with van der Waals surface area (Å²) in [5.74, 6) is 0. The number of aliphatic hydroxyl groups is 1. The Labute approximate surface area is 148 Å². The Bertz CT molecular complexity index is 760. The highest BCUT2D eigenvalue weighted by atomic mass is 16.3. The molecule has 0 unspecified atom stereocenters. The molecule has 3 N–H and O–H groups in total. The van der Waals surface area contributed by atoms with Crippen molar-refractivity contribution in [2.45, 2.75) is 38.5 Å². The van der Waals surface area contributed by atoms with Crippen LogP contribution >= 0.6 is 0 Å². The van der Waals surface area contributed by atoms with Gasteiger partial charge in [-0.15, -0.1) is 0 Å². The smallest absolute Gasteiger partial charge is 0.319 e. The van der Waals surface area contributed by atoms with Gasteiger partial charge in [-0.3, -0.25) is 0 Å². The van der Waals surface area contributed by atoms with Crippen LogP contribution in [0.15, 0.2) is 48.5 Å². The van der Waals surface area contributed by atoms with Gasteiger partial charge in [-0.1, -0.05) is 30.3 Å². The summed E-state index contributed by atoms with van der Waals surface area (Å²) in [6.45, 7) is 4.23. The number of hydrogen-bond donors (Lipinski definition) is 3. The number of anilines is 2. The van der Waals surface area contributed by atoms with Crippen molar-refractivity contribution in [2.24, 2.45) is 0 Å². The molecule has 0 saturated heterocycles. The quantitative estimate of drug-likeness (QED) is 0.801. The molecule has 2 atom stereocenters. The minimum atomic E-state index is -0.596. The summed E-state index contributed by atoms with van der Waals surface area (Å²) in [7, 11) is 2.02. The third-order valence-corrected chi connectivity index (χ3v) is 4.78. The fourth-order valence-corrected chi connectivity index (χ4v) is 3.16. The molecule has 5 heteroatoms. The van der Waals surface area contributed by atoms with Crippen LogP contribution in [0.1, 0.15) is 31.0 Å². The van der Waals surface area contributed by atoms with Crippen molar-refractivity contribution in [3.05, 3.63) is 59.7 Å². The number of amides is 2. The van der Waals surface area contributed by atoms with Crippen molar-refractivity contribution < 1.29 is 9.90 Å². The standard InChI is InChI=1S/C20H25N3O2/c1-13(2)23(3)16-9-6-8-15(12-16)21-20(25)22-19-17-10-5-4-7-14(17)11-18(19)24/h4-10,12-13,18-19,24H,11H2,1-3H3,(H2,21,22,25)/t18-,19+/m0/s1. The molecule has 3 rings (SSSR count). The lowest BCUT2D eigenvalue weighted by atomic mass is 10.1. The zero-order valence-corrected chi connectivity index (χ0v) is 14.9. The SMILES string of the molecule is CC(C)N(C)c1cccc(NC(=O)N[C@@H]2c3ccccc3C[C@@H]2O)c1. The van der Waals surface area contributed by atoms with Gasteiger partial charge in [0.05, 0.1) is 12.1 Å². The summed E-state index contributed by atoms with van der Waals surface area (Å²) in [6, 6.07) is 15.2. The van der Waals surface area contributed by atoms with Crippen molar-refractivity contribution in [2.75, 3.05) is 17.3 Å². The van der Waals surface area contributed by atoms with Gasteiger partial charge in [-0.2, -0.15) is 0 Å². The van der Waals surface area contributed by atoms with Crippen molar-refractivity contribution in [1.29, 1.82) is 0 Å². The van der Waals surface area contributed by atoms with Crippen molar-refractivity contribution in [3.8, 4) is 0 Å². The maximum absolute atomic E-state index is 12.4. The number of rotatable bonds is 4. The number of nitrogens with one attached hydrogen (secondary N) is 2. The molecule has 0 spiro atoms. The molecule has 0 saturated carbocycles. The van der Waals surface area contributed by atoms with Gasteiger partial charge in [0.15, 0.2) is 0 Å². The number of carbonyl (C=O) groups excluding carboxylic acids is 1. The van der Waals surface area contributed by atoms with Gasteiger partial charge in [-0.25, -0.2) is 4.79 Å². The molecule has 0 aromatic heterocycles. The molecule has 5 nitrogen and oxygen atoms in total. The van der Waals surface area contributed by atoms with Crippen LogP contribution in [-0.2, 0) is 6.42 Å². The molecule has 25 heavy (non-hydrogen) atoms. The van der Waals surface area contributed by atoms with Gasteiger partial charge >= 0.3 is 6.03 Å². The van der Waals surface area contributed by atoms with Crippen molar-refractivity contribution in [1.82, 2.24) is 5.32 Å². The second-order valence-corrected chi connectivity index (χ2v) is 6.80. The first kappa shape index (κ1) is 17.3. The second-order valence-electron chi connectivity index (χ2n) is 6.80. The third kappa shape index (κ3) is 3.77. The van der Waals surface area contributed by atoms with Crippen LogP contribution in [0.5, 0.6) is 0 Å². The van der Waals surface area contributed by atoms with Crippen LogP contribution < -0.4 is 15.5 Å². The molecule has 0 bridgehead atoms. The third-order valence-electron chi connectivity index (χ3n) is 4.78. The average molecular weight is 339 g/mol. The predicted molar refractivity (Wildman–Crippen MR) is 101 cm³/mol. The lowest BCUT2D eigenvalue weighted by Crippen LogP contribution is -2.36. The number of nitrogens with zero attached hydrogens (tertiary/aromatic N) is 1. The molecular weight excluding hydrogens is 314 g/mol. The number of aliphatic hydroxyl groups excluding tert-OH is 1. The first-order valence-corrected chi connectivity index (χ1v) is 8.62. The van der Waals surface area contributed by atoms with Crippen LogP contribution in [0, 0.1) is 0 Å². The number of urea groups is 1. The summed E-state index contributed by atoms with van der Waals surface area (Å²) in [5.41, 5.74) is 3.83. The Morgan fingerprint density at radius 1 is 1.20 bits per heavy atom. The number of benzene rings is 2. The summed E-state index contributed by atoms with van der Waals surface area (Å²) >= 11 is 0. The maximum Gasteiger partial charge on any atom is 0.319 e.